The molecule has 0 aromatic heterocycles. The fourth-order valence-corrected chi connectivity index (χ4v) is 2.67. The molecule has 3 unspecified atom stereocenters. The summed E-state index contributed by atoms with van der Waals surface area (Å²) in [6, 6.07) is 0. The quantitative estimate of drug-likeness (QED) is 0.523. The van der Waals surface area contributed by atoms with E-state index in [4.69, 9.17) is 9.47 Å². The van der Waals surface area contributed by atoms with Crippen LogP contribution in [0.1, 0.15) is 41.5 Å². The Balaban J connectivity index is 4.15. The van der Waals surface area contributed by atoms with Gasteiger partial charge in [-0.2, -0.15) is 0 Å². The van der Waals surface area contributed by atoms with Crippen molar-refractivity contribution in [2.45, 2.75) is 59.6 Å². The van der Waals surface area contributed by atoms with Crippen molar-refractivity contribution in [3.05, 3.63) is 0 Å². The van der Waals surface area contributed by atoms with E-state index in [1.54, 1.807) is 27.7 Å². The Bertz CT molecular complexity index is 263. The van der Waals surface area contributed by atoms with Crippen molar-refractivity contribution < 1.29 is 18.8 Å². The van der Waals surface area contributed by atoms with Gasteiger partial charge in [-0.1, -0.05) is 4.57 Å². The van der Waals surface area contributed by atoms with Gasteiger partial charge in [-0.05, 0) is 34.6 Å². The molecule has 0 radical (unpaired) electrons. The standard InChI is InChI=1S/C12H24O4P/c1-8(2)15-11(6)17(14)7-10(5)12(13)16-9(3)4/h8-11H,7H2,1-6H3/q+1. The molecule has 0 saturated heterocycles. The largest absolute Gasteiger partial charge is 0.463 e. The van der Waals surface area contributed by atoms with Gasteiger partial charge in [0.05, 0.1) is 18.1 Å². The topological polar surface area (TPSA) is 52.6 Å². The van der Waals surface area contributed by atoms with E-state index in [1.165, 1.54) is 0 Å². The van der Waals surface area contributed by atoms with Gasteiger partial charge in [0, 0.05) is 6.92 Å². The minimum absolute atomic E-state index is 0.0434. The second kappa shape index (κ2) is 7.78. The second-order valence-corrected chi connectivity index (χ2v) is 6.70. The molecule has 0 aliphatic heterocycles. The highest BCUT2D eigenvalue weighted by atomic mass is 31.1. The first-order valence-electron chi connectivity index (χ1n) is 6.03. The fourth-order valence-electron chi connectivity index (χ4n) is 1.30. The third-order valence-electron chi connectivity index (χ3n) is 2.08. The van der Waals surface area contributed by atoms with Gasteiger partial charge in [-0.25, -0.2) is 0 Å². The van der Waals surface area contributed by atoms with E-state index in [-0.39, 0.29) is 29.9 Å². The molecule has 100 valence electrons. The summed E-state index contributed by atoms with van der Waals surface area (Å²) < 4.78 is 22.4. The average Bonchev–Trinajstić information content (AvgIpc) is 2.15. The van der Waals surface area contributed by atoms with Crippen LogP contribution < -0.4 is 0 Å². The predicted octanol–water partition coefficient (Wildman–Crippen LogP) is 3.17. The summed E-state index contributed by atoms with van der Waals surface area (Å²) in [6.45, 7) is 10.9. The third-order valence-corrected chi connectivity index (χ3v) is 3.92. The number of ether oxygens (including phenoxy) is 2. The Labute approximate surface area is 105 Å². The monoisotopic (exact) mass is 263 g/mol. The molecule has 0 spiro atoms. The van der Waals surface area contributed by atoms with Gasteiger partial charge in [0.15, 0.2) is 6.16 Å². The number of esters is 1. The lowest BCUT2D eigenvalue weighted by atomic mass is 10.2. The summed E-state index contributed by atoms with van der Waals surface area (Å²) in [5, 5.41) is 0. The number of hydrogen-bond acceptors (Lipinski definition) is 4. The van der Waals surface area contributed by atoms with E-state index in [1.807, 2.05) is 13.8 Å². The Morgan fingerprint density at radius 3 is 2.00 bits per heavy atom. The summed E-state index contributed by atoms with van der Waals surface area (Å²) in [5.74, 6) is -0.960. The van der Waals surface area contributed by atoms with E-state index in [9.17, 15) is 9.36 Å². The molecular weight excluding hydrogens is 239 g/mol. The van der Waals surface area contributed by atoms with Gasteiger partial charge >= 0.3 is 13.8 Å². The molecular formula is C12H24O4P+. The van der Waals surface area contributed by atoms with Gasteiger partial charge in [0.2, 0.25) is 0 Å². The maximum Gasteiger partial charge on any atom is 0.370 e. The molecule has 0 aliphatic rings. The molecule has 0 amide bonds. The molecule has 0 fully saturated rings. The number of hydrogen-bond donors (Lipinski definition) is 0. The summed E-state index contributed by atoms with van der Waals surface area (Å²) in [4.78, 5) is 11.5. The Morgan fingerprint density at radius 1 is 1.06 bits per heavy atom. The predicted molar refractivity (Wildman–Crippen MR) is 68.5 cm³/mol. The van der Waals surface area contributed by atoms with Crippen LogP contribution >= 0.6 is 7.80 Å². The van der Waals surface area contributed by atoms with Crippen LogP contribution in [0.25, 0.3) is 0 Å². The molecule has 0 bridgehead atoms. The zero-order valence-corrected chi connectivity index (χ0v) is 12.5. The molecule has 0 aliphatic carbocycles. The summed E-state index contributed by atoms with van der Waals surface area (Å²) in [5.41, 5.74) is 0. The van der Waals surface area contributed by atoms with Crippen LogP contribution in [0.5, 0.6) is 0 Å². The number of carbonyl (C=O) groups is 1. The van der Waals surface area contributed by atoms with Crippen molar-refractivity contribution >= 4 is 13.8 Å². The van der Waals surface area contributed by atoms with Gasteiger partial charge in [-0.15, -0.1) is 0 Å². The molecule has 0 aromatic rings. The molecule has 4 nitrogen and oxygen atoms in total. The Kier molecular flexibility index (Phi) is 7.56. The molecule has 0 N–H and O–H groups in total. The average molecular weight is 263 g/mol. The van der Waals surface area contributed by atoms with Crippen LogP contribution in [0.15, 0.2) is 0 Å². The van der Waals surface area contributed by atoms with E-state index >= 15 is 0 Å². The zero-order chi connectivity index (χ0) is 13.6. The summed E-state index contributed by atoms with van der Waals surface area (Å²) >= 11 is 0. The maximum atomic E-state index is 11.9. The van der Waals surface area contributed by atoms with Gasteiger partial charge in [0.25, 0.3) is 5.85 Å². The Hall–Kier alpha value is -0.470. The maximum absolute atomic E-state index is 11.9. The van der Waals surface area contributed by atoms with Crippen LogP contribution in [0.4, 0.5) is 0 Å². The van der Waals surface area contributed by atoms with Crippen LogP contribution in [0.3, 0.4) is 0 Å². The number of rotatable bonds is 7. The Morgan fingerprint density at radius 2 is 1.59 bits per heavy atom. The van der Waals surface area contributed by atoms with Crippen molar-refractivity contribution in [3.8, 4) is 0 Å². The minimum atomic E-state index is -1.54. The highest BCUT2D eigenvalue weighted by molar-refractivity contribution is 7.45. The SMILES string of the molecule is CC(C)OC(=O)C(C)C[P+](=O)C(C)OC(C)C. The van der Waals surface area contributed by atoms with Crippen molar-refractivity contribution in [3.63, 3.8) is 0 Å². The van der Waals surface area contributed by atoms with Crippen LogP contribution in [-0.2, 0) is 18.8 Å². The summed E-state index contributed by atoms with van der Waals surface area (Å²) in [6.07, 6.45) is 0.225. The first-order valence-corrected chi connectivity index (χ1v) is 7.55. The molecule has 0 saturated carbocycles. The highest BCUT2D eigenvalue weighted by Crippen LogP contribution is 2.32. The van der Waals surface area contributed by atoms with Crippen molar-refractivity contribution in [2.24, 2.45) is 5.92 Å². The third kappa shape index (κ3) is 7.45. The van der Waals surface area contributed by atoms with Crippen LogP contribution in [-0.4, -0.2) is 30.2 Å². The van der Waals surface area contributed by atoms with Gasteiger partial charge in [0.1, 0.15) is 0 Å². The van der Waals surface area contributed by atoms with Crippen molar-refractivity contribution in [1.29, 1.82) is 0 Å². The second-order valence-electron chi connectivity index (χ2n) is 4.77. The molecule has 0 aromatic carbocycles. The molecule has 5 heteroatoms. The lowest BCUT2D eigenvalue weighted by Crippen LogP contribution is -2.22. The lowest BCUT2D eigenvalue weighted by molar-refractivity contribution is -0.150. The first-order chi connectivity index (χ1) is 7.73. The van der Waals surface area contributed by atoms with E-state index < -0.39 is 7.80 Å². The molecule has 17 heavy (non-hydrogen) atoms. The van der Waals surface area contributed by atoms with Crippen molar-refractivity contribution in [2.75, 3.05) is 6.16 Å². The van der Waals surface area contributed by atoms with E-state index in [0.29, 0.717) is 6.16 Å². The fraction of sp³-hybridized carbons (Fsp3) is 0.917. The summed E-state index contributed by atoms with van der Waals surface area (Å²) in [7, 11) is -1.54. The highest BCUT2D eigenvalue weighted by Gasteiger charge is 2.32. The normalized spacial score (nSPS) is 15.9. The van der Waals surface area contributed by atoms with Crippen molar-refractivity contribution in [1.82, 2.24) is 0 Å². The van der Waals surface area contributed by atoms with Crippen LogP contribution in [0, 0.1) is 5.92 Å². The minimum Gasteiger partial charge on any atom is -0.463 e. The van der Waals surface area contributed by atoms with Gasteiger partial charge in [-0.3, -0.25) is 4.79 Å². The van der Waals surface area contributed by atoms with E-state index in [0.717, 1.165) is 0 Å². The van der Waals surface area contributed by atoms with Crippen LogP contribution in [0.2, 0.25) is 0 Å². The molecule has 3 atom stereocenters. The van der Waals surface area contributed by atoms with E-state index in [2.05, 4.69) is 0 Å². The smallest absolute Gasteiger partial charge is 0.370 e. The first kappa shape index (κ1) is 16.5. The number of carbonyl (C=O) groups excluding carboxylic acids is 1. The lowest BCUT2D eigenvalue weighted by Gasteiger charge is -2.12. The zero-order valence-electron chi connectivity index (χ0n) is 11.6. The van der Waals surface area contributed by atoms with Gasteiger partial charge < -0.3 is 9.47 Å². The molecule has 0 rings (SSSR count). The molecule has 0 heterocycles.